The summed E-state index contributed by atoms with van der Waals surface area (Å²) in [5, 5.41) is 14.3. The number of nitrogens with one attached hydrogen (secondary N) is 1. The third kappa shape index (κ3) is 3.01. The summed E-state index contributed by atoms with van der Waals surface area (Å²) in [7, 11) is 0. The third-order valence-corrected chi connectivity index (χ3v) is 3.26. The molecule has 0 radical (unpaired) electrons. The van der Waals surface area contributed by atoms with E-state index in [2.05, 4.69) is 5.32 Å². The van der Waals surface area contributed by atoms with E-state index in [-0.39, 0.29) is 12.2 Å². The fourth-order valence-electron chi connectivity index (χ4n) is 1.42. The Balaban J connectivity index is 2.00. The molecule has 0 saturated heterocycles. The largest absolute Gasteiger partial charge is 0.386 e. The van der Waals surface area contributed by atoms with Gasteiger partial charge in [-0.2, -0.15) is 0 Å². The maximum absolute atomic E-state index is 13.3. The standard InChI is InChI=1S/C12H11F2NOS/c13-8-3-4-9(14)10(6-8)15-7-11(16)12-2-1-5-17-12/h1-6,11,15-16H,7H2. The van der Waals surface area contributed by atoms with Crippen LogP contribution < -0.4 is 5.32 Å². The number of halogens is 2. The zero-order chi connectivity index (χ0) is 12.3. The van der Waals surface area contributed by atoms with Crippen LogP contribution in [0.2, 0.25) is 0 Å². The molecule has 0 aliphatic heterocycles. The molecule has 1 aromatic carbocycles. The fraction of sp³-hybridized carbons (Fsp3) is 0.167. The second-order valence-electron chi connectivity index (χ2n) is 3.54. The van der Waals surface area contributed by atoms with Gasteiger partial charge in [-0.3, -0.25) is 0 Å². The number of benzene rings is 1. The highest BCUT2D eigenvalue weighted by Gasteiger charge is 2.10. The Labute approximate surface area is 102 Å². The lowest BCUT2D eigenvalue weighted by Crippen LogP contribution is -2.12. The van der Waals surface area contributed by atoms with Crippen molar-refractivity contribution in [2.75, 3.05) is 11.9 Å². The number of aliphatic hydroxyl groups excluding tert-OH is 1. The summed E-state index contributed by atoms with van der Waals surface area (Å²) >= 11 is 1.42. The van der Waals surface area contributed by atoms with Crippen molar-refractivity contribution in [2.24, 2.45) is 0 Å². The van der Waals surface area contributed by atoms with E-state index in [1.165, 1.54) is 11.3 Å². The highest BCUT2D eigenvalue weighted by Crippen LogP contribution is 2.21. The Hall–Kier alpha value is -1.46. The van der Waals surface area contributed by atoms with Crippen LogP contribution in [0.15, 0.2) is 35.7 Å². The number of anilines is 1. The van der Waals surface area contributed by atoms with Crippen molar-refractivity contribution in [3.8, 4) is 0 Å². The molecule has 1 unspecified atom stereocenters. The molecule has 2 N–H and O–H groups in total. The Kier molecular flexibility index (Phi) is 3.71. The highest BCUT2D eigenvalue weighted by atomic mass is 32.1. The SMILES string of the molecule is OC(CNc1cc(F)ccc1F)c1cccs1. The van der Waals surface area contributed by atoms with Crippen molar-refractivity contribution in [3.05, 3.63) is 52.2 Å². The van der Waals surface area contributed by atoms with Gasteiger partial charge in [-0.05, 0) is 29.6 Å². The summed E-state index contributed by atoms with van der Waals surface area (Å²) in [6.45, 7) is 0.140. The van der Waals surface area contributed by atoms with E-state index in [4.69, 9.17) is 0 Å². The molecule has 17 heavy (non-hydrogen) atoms. The summed E-state index contributed by atoms with van der Waals surface area (Å²) in [4.78, 5) is 0.786. The van der Waals surface area contributed by atoms with Gasteiger partial charge in [-0.1, -0.05) is 6.07 Å². The van der Waals surface area contributed by atoms with Gasteiger partial charge in [0.25, 0.3) is 0 Å². The number of rotatable bonds is 4. The first-order chi connectivity index (χ1) is 8.16. The lowest BCUT2D eigenvalue weighted by Gasteiger charge is -2.11. The second kappa shape index (κ2) is 5.25. The molecule has 0 aliphatic rings. The number of hydrogen-bond donors (Lipinski definition) is 2. The summed E-state index contributed by atoms with van der Waals surface area (Å²) in [6.07, 6.45) is -0.724. The van der Waals surface area contributed by atoms with Crippen LogP contribution in [0.25, 0.3) is 0 Å². The van der Waals surface area contributed by atoms with Crippen molar-refractivity contribution in [3.63, 3.8) is 0 Å². The smallest absolute Gasteiger partial charge is 0.146 e. The van der Waals surface area contributed by atoms with E-state index in [0.717, 1.165) is 23.1 Å². The zero-order valence-corrected chi connectivity index (χ0v) is 9.68. The molecular weight excluding hydrogens is 244 g/mol. The molecule has 5 heteroatoms. The molecule has 1 aromatic heterocycles. The monoisotopic (exact) mass is 255 g/mol. The lowest BCUT2D eigenvalue weighted by molar-refractivity contribution is 0.195. The first-order valence-corrected chi connectivity index (χ1v) is 5.95. The van der Waals surface area contributed by atoms with Crippen molar-refractivity contribution >= 4 is 17.0 Å². The summed E-state index contributed by atoms with van der Waals surface area (Å²) < 4.78 is 26.1. The molecule has 1 heterocycles. The molecule has 90 valence electrons. The minimum atomic E-state index is -0.724. The second-order valence-corrected chi connectivity index (χ2v) is 4.52. The average Bonchev–Trinajstić information content (AvgIpc) is 2.83. The van der Waals surface area contributed by atoms with Gasteiger partial charge in [0.15, 0.2) is 0 Å². The maximum Gasteiger partial charge on any atom is 0.146 e. The van der Waals surface area contributed by atoms with Gasteiger partial charge < -0.3 is 10.4 Å². The molecule has 2 aromatic rings. The van der Waals surface area contributed by atoms with E-state index >= 15 is 0 Å². The average molecular weight is 255 g/mol. The molecule has 0 saturated carbocycles. The third-order valence-electron chi connectivity index (χ3n) is 2.29. The Bertz CT molecular complexity index is 487. The molecule has 0 bridgehead atoms. The van der Waals surface area contributed by atoms with Crippen molar-refractivity contribution in [1.29, 1.82) is 0 Å². The summed E-state index contributed by atoms with van der Waals surface area (Å²) in [6, 6.07) is 6.78. The number of thiophene rings is 1. The number of aliphatic hydroxyl groups is 1. The van der Waals surface area contributed by atoms with E-state index in [9.17, 15) is 13.9 Å². The summed E-state index contributed by atoms with van der Waals surface area (Å²) in [5.41, 5.74) is 0.0561. The zero-order valence-electron chi connectivity index (χ0n) is 8.86. The van der Waals surface area contributed by atoms with Crippen LogP contribution in [-0.4, -0.2) is 11.7 Å². The van der Waals surface area contributed by atoms with Crippen LogP contribution in [0.1, 0.15) is 11.0 Å². The van der Waals surface area contributed by atoms with Crippen LogP contribution in [0.3, 0.4) is 0 Å². The first kappa shape index (κ1) is 12.0. The normalized spacial score (nSPS) is 12.4. The minimum Gasteiger partial charge on any atom is -0.386 e. The van der Waals surface area contributed by atoms with Crippen molar-refractivity contribution in [2.45, 2.75) is 6.10 Å². The predicted octanol–water partition coefficient (Wildman–Crippen LogP) is 3.17. The predicted molar refractivity (Wildman–Crippen MR) is 64.1 cm³/mol. The van der Waals surface area contributed by atoms with Gasteiger partial charge >= 0.3 is 0 Å². The van der Waals surface area contributed by atoms with Crippen molar-refractivity contribution in [1.82, 2.24) is 0 Å². The lowest BCUT2D eigenvalue weighted by atomic mass is 10.2. The van der Waals surface area contributed by atoms with Gasteiger partial charge in [-0.15, -0.1) is 11.3 Å². The Morgan fingerprint density at radius 3 is 2.82 bits per heavy atom. The molecule has 1 atom stereocenters. The van der Waals surface area contributed by atoms with Crippen LogP contribution in [0, 0.1) is 11.6 Å². The molecule has 0 spiro atoms. The Morgan fingerprint density at radius 2 is 2.12 bits per heavy atom. The van der Waals surface area contributed by atoms with Gasteiger partial charge in [0, 0.05) is 11.4 Å². The first-order valence-electron chi connectivity index (χ1n) is 5.07. The molecule has 0 aliphatic carbocycles. The number of hydrogen-bond acceptors (Lipinski definition) is 3. The van der Waals surface area contributed by atoms with Gasteiger partial charge in [0.2, 0.25) is 0 Å². The van der Waals surface area contributed by atoms with Crippen LogP contribution in [0.5, 0.6) is 0 Å². The fourth-order valence-corrected chi connectivity index (χ4v) is 2.13. The summed E-state index contributed by atoms with van der Waals surface area (Å²) in [5.74, 6) is -1.05. The van der Waals surface area contributed by atoms with E-state index < -0.39 is 17.7 Å². The maximum atomic E-state index is 13.3. The van der Waals surface area contributed by atoms with Crippen molar-refractivity contribution < 1.29 is 13.9 Å². The Morgan fingerprint density at radius 1 is 1.29 bits per heavy atom. The molecule has 0 fully saturated rings. The highest BCUT2D eigenvalue weighted by molar-refractivity contribution is 7.10. The molecular formula is C12H11F2NOS. The van der Waals surface area contributed by atoms with E-state index in [0.29, 0.717) is 0 Å². The quantitative estimate of drug-likeness (QED) is 0.879. The topological polar surface area (TPSA) is 32.3 Å². The molecule has 2 nitrogen and oxygen atoms in total. The van der Waals surface area contributed by atoms with E-state index in [1.807, 2.05) is 11.4 Å². The minimum absolute atomic E-state index is 0.0561. The van der Waals surface area contributed by atoms with Gasteiger partial charge in [0.1, 0.15) is 17.7 Å². The van der Waals surface area contributed by atoms with Crippen LogP contribution >= 0.6 is 11.3 Å². The molecule has 0 amide bonds. The van der Waals surface area contributed by atoms with Crippen LogP contribution in [0.4, 0.5) is 14.5 Å². The van der Waals surface area contributed by atoms with Gasteiger partial charge in [-0.25, -0.2) is 8.78 Å². The molecule has 2 rings (SSSR count). The van der Waals surface area contributed by atoms with Gasteiger partial charge in [0.05, 0.1) is 5.69 Å². The van der Waals surface area contributed by atoms with E-state index in [1.54, 1.807) is 6.07 Å². The van der Waals surface area contributed by atoms with Crippen LogP contribution in [-0.2, 0) is 0 Å².